The van der Waals surface area contributed by atoms with Crippen LogP contribution in [0.25, 0.3) is 0 Å². The molecular formula is C19H24N4O2. The zero-order valence-electron chi connectivity index (χ0n) is 14.6. The monoisotopic (exact) mass is 340 g/mol. The molecule has 132 valence electrons. The van der Waals surface area contributed by atoms with Crippen LogP contribution in [0.1, 0.15) is 48.7 Å². The van der Waals surface area contributed by atoms with Gasteiger partial charge in [0.15, 0.2) is 0 Å². The summed E-state index contributed by atoms with van der Waals surface area (Å²) in [6, 6.07) is 7.65. The molecule has 0 bridgehead atoms. The minimum Gasteiger partial charge on any atom is -0.341 e. The van der Waals surface area contributed by atoms with Gasteiger partial charge >= 0.3 is 5.69 Å². The predicted octanol–water partition coefficient (Wildman–Crippen LogP) is 1.90. The van der Waals surface area contributed by atoms with Gasteiger partial charge < -0.3 is 4.90 Å². The van der Waals surface area contributed by atoms with E-state index in [1.807, 2.05) is 36.1 Å². The fourth-order valence-electron chi connectivity index (χ4n) is 3.97. The number of hydrogen-bond donors (Lipinski definition) is 0. The van der Waals surface area contributed by atoms with Crippen LogP contribution in [-0.4, -0.2) is 38.2 Å². The van der Waals surface area contributed by atoms with E-state index < -0.39 is 0 Å². The van der Waals surface area contributed by atoms with E-state index in [9.17, 15) is 9.59 Å². The summed E-state index contributed by atoms with van der Waals surface area (Å²) in [7, 11) is 0. The lowest BCUT2D eigenvalue weighted by Crippen LogP contribution is -2.41. The van der Waals surface area contributed by atoms with Gasteiger partial charge in [0.25, 0.3) is 0 Å². The molecule has 3 heterocycles. The zero-order chi connectivity index (χ0) is 17.4. The molecule has 2 aliphatic rings. The SMILES string of the molecule is Cc1ccccc1Cn1nc2n(c1=O)C(C(=O)N1CCCC1)CCC2. The Hall–Kier alpha value is -2.37. The summed E-state index contributed by atoms with van der Waals surface area (Å²) in [4.78, 5) is 27.7. The molecule has 1 fully saturated rings. The second-order valence-electron chi connectivity index (χ2n) is 7.09. The lowest BCUT2D eigenvalue weighted by Gasteiger charge is -2.27. The summed E-state index contributed by atoms with van der Waals surface area (Å²) in [6.45, 7) is 4.12. The second kappa shape index (κ2) is 6.50. The first-order chi connectivity index (χ1) is 12.1. The number of fused-ring (bicyclic) bond motifs is 1. The van der Waals surface area contributed by atoms with Crippen LogP contribution in [0.3, 0.4) is 0 Å². The second-order valence-corrected chi connectivity index (χ2v) is 7.09. The van der Waals surface area contributed by atoms with Crippen molar-refractivity contribution in [3.05, 3.63) is 51.7 Å². The van der Waals surface area contributed by atoms with Crippen molar-refractivity contribution >= 4 is 5.91 Å². The summed E-state index contributed by atoms with van der Waals surface area (Å²) >= 11 is 0. The van der Waals surface area contributed by atoms with Crippen molar-refractivity contribution in [2.75, 3.05) is 13.1 Å². The number of rotatable bonds is 3. The van der Waals surface area contributed by atoms with Crippen molar-refractivity contribution in [1.29, 1.82) is 0 Å². The summed E-state index contributed by atoms with van der Waals surface area (Å²) in [6.07, 6.45) is 4.53. The lowest BCUT2D eigenvalue weighted by atomic mass is 10.0. The minimum absolute atomic E-state index is 0.0935. The van der Waals surface area contributed by atoms with E-state index in [4.69, 9.17) is 0 Å². The average molecular weight is 340 g/mol. The van der Waals surface area contributed by atoms with Gasteiger partial charge in [0.1, 0.15) is 11.9 Å². The zero-order valence-corrected chi connectivity index (χ0v) is 14.6. The van der Waals surface area contributed by atoms with Crippen molar-refractivity contribution < 1.29 is 4.79 Å². The van der Waals surface area contributed by atoms with Gasteiger partial charge in [-0.1, -0.05) is 24.3 Å². The molecule has 1 aromatic heterocycles. The third kappa shape index (κ3) is 2.90. The van der Waals surface area contributed by atoms with Gasteiger partial charge in [-0.2, -0.15) is 5.10 Å². The molecule has 6 heteroatoms. The molecule has 0 aliphatic carbocycles. The van der Waals surface area contributed by atoms with E-state index in [2.05, 4.69) is 5.10 Å². The topological polar surface area (TPSA) is 60.1 Å². The summed E-state index contributed by atoms with van der Waals surface area (Å²) in [5, 5.41) is 4.54. The number of aromatic nitrogens is 3. The molecule has 2 aromatic rings. The first-order valence-electron chi connectivity index (χ1n) is 9.16. The molecule has 0 spiro atoms. The van der Waals surface area contributed by atoms with Crippen LogP contribution in [0.15, 0.2) is 29.1 Å². The van der Waals surface area contributed by atoms with Gasteiger partial charge in [-0.3, -0.25) is 9.36 Å². The number of carbonyl (C=O) groups excluding carboxylic acids is 1. The summed E-state index contributed by atoms with van der Waals surface area (Å²) in [5.41, 5.74) is 2.07. The molecule has 1 aromatic carbocycles. The molecular weight excluding hydrogens is 316 g/mol. The largest absolute Gasteiger partial charge is 0.346 e. The Morgan fingerprint density at radius 2 is 1.96 bits per heavy atom. The van der Waals surface area contributed by atoms with Gasteiger partial charge in [0.2, 0.25) is 5.91 Å². The Bertz CT molecular complexity index is 845. The van der Waals surface area contributed by atoms with Crippen molar-refractivity contribution in [3.8, 4) is 0 Å². The average Bonchev–Trinajstić information content (AvgIpc) is 3.25. The normalized spacial score (nSPS) is 19.9. The van der Waals surface area contributed by atoms with Crippen LogP contribution >= 0.6 is 0 Å². The number of amides is 1. The van der Waals surface area contributed by atoms with E-state index in [-0.39, 0.29) is 17.6 Å². The number of hydrogen-bond acceptors (Lipinski definition) is 3. The summed E-state index contributed by atoms with van der Waals surface area (Å²) in [5.74, 6) is 0.846. The van der Waals surface area contributed by atoms with E-state index in [0.29, 0.717) is 6.54 Å². The van der Waals surface area contributed by atoms with Crippen LogP contribution in [0.2, 0.25) is 0 Å². The van der Waals surface area contributed by atoms with E-state index >= 15 is 0 Å². The van der Waals surface area contributed by atoms with Gasteiger partial charge in [0, 0.05) is 19.5 Å². The fourth-order valence-corrected chi connectivity index (χ4v) is 3.97. The summed E-state index contributed by atoms with van der Waals surface area (Å²) < 4.78 is 3.18. The number of nitrogens with zero attached hydrogens (tertiary/aromatic N) is 4. The maximum atomic E-state index is 13.0. The number of likely N-dealkylation sites (tertiary alicyclic amines) is 1. The number of aryl methyl sites for hydroxylation is 2. The standard InChI is InChI=1S/C19H24N4O2/c1-14-7-2-3-8-15(14)13-22-19(25)23-16(9-6-10-17(23)20-22)18(24)21-11-4-5-12-21/h2-3,7-8,16H,4-6,9-13H2,1H3. The first kappa shape index (κ1) is 16.1. The highest BCUT2D eigenvalue weighted by atomic mass is 16.2. The van der Waals surface area contributed by atoms with Crippen LogP contribution in [0.4, 0.5) is 0 Å². The van der Waals surface area contributed by atoms with Gasteiger partial charge in [-0.15, -0.1) is 0 Å². The Morgan fingerprint density at radius 3 is 2.72 bits per heavy atom. The number of carbonyl (C=O) groups is 1. The molecule has 25 heavy (non-hydrogen) atoms. The van der Waals surface area contributed by atoms with E-state index in [1.54, 1.807) is 4.57 Å². The molecule has 1 amide bonds. The smallest absolute Gasteiger partial charge is 0.341 e. The highest BCUT2D eigenvalue weighted by Gasteiger charge is 2.34. The van der Waals surface area contributed by atoms with Crippen LogP contribution < -0.4 is 5.69 Å². The van der Waals surface area contributed by atoms with Crippen LogP contribution in [-0.2, 0) is 17.8 Å². The third-order valence-corrected chi connectivity index (χ3v) is 5.41. The highest BCUT2D eigenvalue weighted by Crippen LogP contribution is 2.25. The first-order valence-corrected chi connectivity index (χ1v) is 9.16. The maximum Gasteiger partial charge on any atom is 0.346 e. The highest BCUT2D eigenvalue weighted by molar-refractivity contribution is 5.80. The number of benzene rings is 1. The lowest BCUT2D eigenvalue weighted by molar-refractivity contribution is -0.134. The van der Waals surface area contributed by atoms with Crippen molar-refractivity contribution in [2.24, 2.45) is 0 Å². The Morgan fingerprint density at radius 1 is 1.20 bits per heavy atom. The molecule has 0 radical (unpaired) electrons. The maximum absolute atomic E-state index is 13.0. The van der Waals surface area contributed by atoms with Gasteiger partial charge in [0.05, 0.1) is 6.54 Å². The van der Waals surface area contributed by atoms with E-state index in [0.717, 1.165) is 62.1 Å². The Balaban J connectivity index is 1.66. The van der Waals surface area contributed by atoms with Crippen LogP contribution in [0.5, 0.6) is 0 Å². The molecule has 0 saturated carbocycles. The van der Waals surface area contributed by atoms with Gasteiger partial charge in [-0.25, -0.2) is 9.48 Å². The van der Waals surface area contributed by atoms with E-state index in [1.165, 1.54) is 4.68 Å². The molecule has 1 unspecified atom stereocenters. The Labute approximate surface area is 147 Å². The molecule has 6 nitrogen and oxygen atoms in total. The minimum atomic E-state index is -0.375. The third-order valence-electron chi connectivity index (χ3n) is 5.41. The van der Waals surface area contributed by atoms with Crippen molar-refractivity contribution in [2.45, 2.75) is 51.6 Å². The van der Waals surface area contributed by atoms with Crippen molar-refractivity contribution in [1.82, 2.24) is 19.2 Å². The molecule has 4 rings (SSSR count). The quantitative estimate of drug-likeness (QED) is 0.857. The molecule has 1 atom stereocenters. The van der Waals surface area contributed by atoms with Gasteiger partial charge in [-0.05, 0) is 43.7 Å². The fraction of sp³-hybridized carbons (Fsp3) is 0.526. The predicted molar refractivity (Wildman–Crippen MR) is 94.6 cm³/mol. The molecule has 1 saturated heterocycles. The van der Waals surface area contributed by atoms with Crippen LogP contribution in [0, 0.1) is 6.92 Å². The Kier molecular flexibility index (Phi) is 4.19. The molecule has 2 aliphatic heterocycles. The molecule has 0 N–H and O–H groups in total. The van der Waals surface area contributed by atoms with Crippen molar-refractivity contribution in [3.63, 3.8) is 0 Å².